The molecule has 3 fully saturated rings. The van der Waals surface area contributed by atoms with Gasteiger partial charge in [0.15, 0.2) is 17.4 Å². The van der Waals surface area contributed by atoms with Gasteiger partial charge >= 0.3 is 27.6 Å². The Hall–Kier alpha value is -3.11. The first-order valence-electron chi connectivity index (χ1n) is 16.1. The molecule has 0 bridgehead atoms. The average molecular weight is 783 g/mol. The number of hydrogen-bond donors (Lipinski definition) is 9. The van der Waals surface area contributed by atoms with Crippen LogP contribution in [0.25, 0.3) is 11.2 Å². The molecule has 25 heteroatoms. The number of nitrogens with zero attached hydrogens (tertiary/aromatic N) is 3. The van der Waals surface area contributed by atoms with Crippen LogP contribution in [0, 0.1) is 0 Å². The molecule has 10 N–H and O–H groups in total. The number of aromatic nitrogens is 4. The number of carbonyl (C=O) groups excluding carboxylic acids is 3. The number of fused-ring (bicyclic) bond motifs is 2. The third-order valence-corrected chi connectivity index (χ3v) is 12.4. The summed E-state index contributed by atoms with van der Waals surface area (Å²) in [5.41, 5.74) is 4.66. The van der Waals surface area contributed by atoms with Crippen LogP contribution in [0.15, 0.2) is 11.1 Å². The standard InChI is InChI=1S/C26H40N8O14P2S/c27-25-32-22-19(23(39)33-25)29-12-34(22)24-21(38)20(37)14(46-24)10-45-49(41,42)48-50(43,44)47-17(36)8-2-1-5-9-28-16(35)7-4-3-6-15-18-13(11-51-15)30-26(40)31-18/h12-15,18,20-21,24,37-38H,1-11H2,(H,28,35)(H,41,42)(H,43,44)(H2,30,31,40)(H3,27,32,33,39). The maximum Gasteiger partial charge on any atom is 0.538 e. The fourth-order valence-corrected chi connectivity index (χ4v) is 9.49. The van der Waals surface area contributed by atoms with E-state index in [2.05, 4.69) is 44.3 Å². The van der Waals surface area contributed by atoms with Crippen molar-refractivity contribution in [1.82, 2.24) is 35.5 Å². The molecule has 5 rings (SSSR count). The number of hydrogen-bond acceptors (Lipinski definition) is 16. The van der Waals surface area contributed by atoms with E-state index in [1.807, 2.05) is 11.8 Å². The number of amides is 3. The number of nitrogens with one attached hydrogen (secondary N) is 4. The van der Waals surface area contributed by atoms with Gasteiger partial charge in [-0.1, -0.05) is 12.8 Å². The van der Waals surface area contributed by atoms with E-state index in [0.717, 1.165) is 29.5 Å². The number of urea groups is 1. The Morgan fingerprint density at radius 2 is 1.84 bits per heavy atom. The number of aliphatic hydroxyl groups excluding tert-OH is 2. The maximum atomic E-state index is 12.4. The fraction of sp³-hybridized carbons (Fsp3) is 0.692. The summed E-state index contributed by atoms with van der Waals surface area (Å²) in [5.74, 6) is -0.669. The smallest absolute Gasteiger partial charge is 0.387 e. The Bertz CT molecular complexity index is 1750. The van der Waals surface area contributed by atoms with Gasteiger partial charge in [0.1, 0.15) is 18.3 Å². The van der Waals surface area contributed by atoms with Crippen LogP contribution >= 0.6 is 27.4 Å². The van der Waals surface area contributed by atoms with Gasteiger partial charge in [-0.3, -0.25) is 33.4 Å². The fourth-order valence-electron chi connectivity index (χ4n) is 5.90. The van der Waals surface area contributed by atoms with Gasteiger partial charge in [0, 0.05) is 30.4 Å². The molecule has 0 spiro atoms. The van der Waals surface area contributed by atoms with Crippen molar-refractivity contribution in [2.75, 3.05) is 24.6 Å². The highest BCUT2D eigenvalue weighted by Gasteiger charge is 2.47. The molecule has 3 amide bonds. The number of ether oxygens (including phenoxy) is 1. The second kappa shape index (κ2) is 16.7. The van der Waals surface area contributed by atoms with E-state index in [9.17, 15) is 48.3 Å². The molecular formula is C26H40N8O14P2S. The highest BCUT2D eigenvalue weighted by molar-refractivity contribution is 8.00. The SMILES string of the molecule is Nc1nc2c(ncn2C2OC(COP(=O)(O)OP(=O)(O)OC(=O)CCCCCNC(=O)CCCCC3SCC4NC(=O)NC43)C(O)C2O)c(=O)[nH]1. The Balaban J connectivity index is 0.941. The minimum Gasteiger partial charge on any atom is -0.387 e. The number of anilines is 1. The first-order chi connectivity index (χ1) is 24.1. The van der Waals surface area contributed by atoms with Crippen LogP contribution in [-0.2, 0) is 36.8 Å². The monoisotopic (exact) mass is 782 g/mol. The molecule has 2 aromatic heterocycles. The number of thioether (sulfide) groups is 1. The number of nitrogens with two attached hydrogens (primary N) is 1. The van der Waals surface area contributed by atoms with E-state index < -0.39 is 58.3 Å². The predicted molar refractivity (Wildman–Crippen MR) is 177 cm³/mol. The summed E-state index contributed by atoms with van der Waals surface area (Å²) in [7, 11) is -10.8. The Labute approximate surface area is 293 Å². The minimum atomic E-state index is -5.44. The minimum absolute atomic E-state index is 0.0877. The van der Waals surface area contributed by atoms with Gasteiger partial charge < -0.3 is 46.1 Å². The highest BCUT2D eigenvalue weighted by Crippen LogP contribution is 2.60. The number of rotatable bonds is 18. The summed E-state index contributed by atoms with van der Waals surface area (Å²) in [5, 5.41) is 29.9. The lowest BCUT2D eigenvalue weighted by atomic mass is 10.0. The molecule has 5 heterocycles. The quantitative estimate of drug-likeness (QED) is 0.0523. The molecule has 0 radical (unpaired) electrons. The van der Waals surface area contributed by atoms with Crippen LogP contribution in [0.1, 0.15) is 57.6 Å². The number of phosphoric acid groups is 2. The lowest BCUT2D eigenvalue weighted by molar-refractivity contribution is -0.135. The van der Waals surface area contributed by atoms with Crippen molar-refractivity contribution in [3.05, 3.63) is 16.7 Å². The molecule has 9 atom stereocenters. The number of imidazole rings is 1. The van der Waals surface area contributed by atoms with E-state index in [1.165, 1.54) is 0 Å². The van der Waals surface area contributed by atoms with Crippen LogP contribution in [-0.4, -0.2) is 112 Å². The molecule has 3 saturated heterocycles. The zero-order valence-electron chi connectivity index (χ0n) is 27.0. The first kappa shape index (κ1) is 39.1. The molecule has 0 aromatic carbocycles. The lowest BCUT2D eigenvalue weighted by Crippen LogP contribution is -2.36. The Morgan fingerprint density at radius 3 is 2.63 bits per heavy atom. The zero-order valence-corrected chi connectivity index (χ0v) is 29.6. The van der Waals surface area contributed by atoms with E-state index >= 15 is 0 Å². The van der Waals surface area contributed by atoms with Crippen molar-refractivity contribution in [3.63, 3.8) is 0 Å². The lowest BCUT2D eigenvalue weighted by Gasteiger charge is -2.19. The van der Waals surface area contributed by atoms with Crippen molar-refractivity contribution >= 4 is 62.4 Å². The van der Waals surface area contributed by atoms with Gasteiger partial charge in [-0.05, 0) is 25.7 Å². The van der Waals surface area contributed by atoms with Crippen molar-refractivity contribution in [3.8, 4) is 0 Å². The van der Waals surface area contributed by atoms with E-state index in [-0.39, 0.29) is 54.0 Å². The predicted octanol–water partition coefficient (Wildman–Crippen LogP) is -0.499. The zero-order chi connectivity index (χ0) is 36.9. The third kappa shape index (κ3) is 10.3. The molecule has 3 aliphatic rings. The molecule has 22 nitrogen and oxygen atoms in total. The van der Waals surface area contributed by atoms with Gasteiger partial charge in [-0.15, -0.1) is 0 Å². The van der Waals surface area contributed by atoms with Crippen LogP contribution in [0.2, 0.25) is 0 Å². The largest absolute Gasteiger partial charge is 0.538 e. The Kier molecular flexibility index (Phi) is 12.8. The molecule has 284 valence electrons. The van der Waals surface area contributed by atoms with Gasteiger partial charge in [-0.2, -0.15) is 21.1 Å². The number of H-pyrrole nitrogens is 1. The van der Waals surface area contributed by atoms with Crippen molar-refractivity contribution in [1.29, 1.82) is 0 Å². The van der Waals surface area contributed by atoms with Gasteiger partial charge in [0.25, 0.3) is 5.56 Å². The normalized spacial score (nSPS) is 28.1. The molecular weight excluding hydrogens is 742 g/mol. The molecule has 2 aromatic rings. The number of aliphatic hydroxyl groups is 2. The third-order valence-electron chi connectivity index (χ3n) is 8.35. The summed E-state index contributed by atoms with van der Waals surface area (Å²) < 4.78 is 44.4. The highest BCUT2D eigenvalue weighted by atomic mass is 32.2. The second-order valence-electron chi connectivity index (χ2n) is 12.1. The van der Waals surface area contributed by atoms with E-state index in [4.69, 9.17) is 10.5 Å². The van der Waals surface area contributed by atoms with Gasteiger partial charge in [-0.25, -0.2) is 18.9 Å². The number of nitrogen functional groups attached to an aromatic ring is 1. The van der Waals surface area contributed by atoms with Gasteiger partial charge in [0.2, 0.25) is 11.9 Å². The number of unbranched alkanes of at least 4 members (excludes halogenated alkanes) is 3. The van der Waals surface area contributed by atoms with Crippen LogP contribution in [0.4, 0.5) is 10.7 Å². The maximum absolute atomic E-state index is 12.4. The Morgan fingerprint density at radius 1 is 1.08 bits per heavy atom. The molecule has 0 aliphatic carbocycles. The second-order valence-corrected chi connectivity index (χ2v) is 16.4. The average Bonchev–Trinajstić information content (AvgIpc) is 3.79. The molecule has 0 saturated carbocycles. The number of carbonyl (C=O) groups is 3. The summed E-state index contributed by atoms with van der Waals surface area (Å²) in [6.45, 7) is -0.573. The summed E-state index contributed by atoms with van der Waals surface area (Å²) in [4.78, 5) is 77.6. The van der Waals surface area contributed by atoms with E-state index in [1.54, 1.807) is 0 Å². The number of phosphoric ester groups is 2. The van der Waals surface area contributed by atoms with E-state index in [0.29, 0.717) is 37.5 Å². The number of aromatic amines is 1. The first-order valence-corrected chi connectivity index (χ1v) is 20.1. The van der Waals surface area contributed by atoms with Crippen molar-refractivity contribution < 1.29 is 61.6 Å². The summed E-state index contributed by atoms with van der Waals surface area (Å²) in [6.07, 6.45) is -1.45. The van der Waals surface area contributed by atoms with Crippen LogP contribution in [0.5, 0.6) is 0 Å². The summed E-state index contributed by atoms with van der Waals surface area (Å²) >= 11 is 1.82. The van der Waals surface area contributed by atoms with Crippen molar-refractivity contribution in [2.24, 2.45) is 0 Å². The van der Waals surface area contributed by atoms with Crippen molar-refractivity contribution in [2.45, 2.75) is 93.2 Å². The summed E-state index contributed by atoms with van der Waals surface area (Å²) in [6, 6.07) is 0.167. The molecule has 51 heavy (non-hydrogen) atoms. The van der Waals surface area contributed by atoms with Crippen LogP contribution in [0.3, 0.4) is 0 Å². The van der Waals surface area contributed by atoms with Crippen LogP contribution < -0.4 is 27.2 Å². The molecule has 3 aliphatic heterocycles. The molecule has 9 unspecified atom stereocenters. The topological polar surface area (TPSA) is 329 Å². The van der Waals surface area contributed by atoms with Gasteiger partial charge in [0.05, 0.1) is 25.0 Å².